The molecule has 2 heterocycles. The lowest BCUT2D eigenvalue weighted by atomic mass is 10.2. The van der Waals surface area contributed by atoms with Crippen molar-refractivity contribution in [1.82, 2.24) is 4.98 Å². The van der Waals surface area contributed by atoms with E-state index in [-0.39, 0.29) is 22.1 Å². The molecule has 1 fully saturated rings. The quantitative estimate of drug-likeness (QED) is 0.822. The second kappa shape index (κ2) is 4.97. The number of nitrogens with one attached hydrogen (secondary N) is 1. The first-order valence-corrected chi connectivity index (χ1v) is 5.88. The number of hydrogen-bond donors (Lipinski definition) is 2. The molecule has 1 amide bonds. The summed E-state index contributed by atoms with van der Waals surface area (Å²) in [5, 5.41) is 2.92. The van der Waals surface area contributed by atoms with Crippen molar-refractivity contribution in [3.63, 3.8) is 0 Å². The number of pyridine rings is 1. The first kappa shape index (κ1) is 12.3. The number of primary amides is 1. The fraction of sp³-hybridized carbons (Fsp3) is 0.400. The molecule has 1 unspecified atom stereocenters. The number of amides is 1. The van der Waals surface area contributed by atoms with E-state index in [0.717, 1.165) is 13.0 Å². The second-order valence-electron chi connectivity index (χ2n) is 3.68. The summed E-state index contributed by atoms with van der Waals surface area (Å²) in [4.78, 5) is 14.9. The van der Waals surface area contributed by atoms with E-state index < -0.39 is 11.7 Å². The van der Waals surface area contributed by atoms with Gasteiger partial charge in [0.25, 0.3) is 5.91 Å². The summed E-state index contributed by atoms with van der Waals surface area (Å²) in [5.41, 5.74) is 5.47. The van der Waals surface area contributed by atoms with Crippen LogP contribution in [0.2, 0.25) is 0 Å². The van der Waals surface area contributed by atoms with Crippen LogP contribution in [0.1, 0.15) is 16.9 Å². The lowest BCUT2D eigenvalue weighted by Gasteiger charge is -2.27. The summed E-state index contributed by atoms with van der Waals surface area (Å²) in [6.07, 6.45) is 1.05. The summed E-state index contributed by atoms with van der Waals surface area (Å²) in [7, 11) is 0. The topological polar surface area (TPSA) is 77.2 Å². The van der Waals surface area contributed by atoms with Crippen molar-refractivity contribution in [1.29, 1.82) is 0 Å². The molecule has 0 bridgehead atoms. The van der Waals surface area contributed by atoms with Crippen LogP contribution in [0, 0.1) is 5.82 Å². The van der Waals surface area contributed by atoms with E-state index in [1.54, 1.807) is 0 Å². The summed E-state index contributed by atoms with van der Waals surface area (Å²) in [6, 6.07) is 1.19. The lowest BCUT2D eigenvalue weighted by molar-refractivity contribution is -0.0410. The number of nitrogens with two attached hydrogens (primary N) is 1. The largest absolute Gasteiger partial charge is 0.380 e. The highest BCUT2D eigenvalue weighted by atomic mass is 79.9. The maximum absolute atomic E-state index is 13.3. The lowest BCUT2D eigenvalue weighted by Crippen LogP contribution is -2.34. The predicted octanol–water partition coefficient (Wildman–Crippen LogP) is 1.28. The number of hydrogen-bond acceptors (Lipinski definition) is 4. The molecule has 1 aromatic rings. The van der Waals surface area contributed by atoms with E-state index in [2.05, 4.69) is 26.2 Å². The third-order valence-electron chi connectivity index (χ3n) is 2.48. The minimum atomic E-state index is -0.706. The highest BCUT2D eigenvalue weighted by molar-refractivity contribution is 9.10. The van der Waals surface area contributed by atoms with Crippen molar-refractivity contribution in [2.24, 2.45) is 5.73 Å². The van der Waals surface area contributed by atoms with Gasteiger partial charge in [-0.15, -0.1) is 0 Å². The molecular formula is C10H11BrFN3O2. The third kappa shape index (κ3) is 2.73. The molecule has 1 saturated heterocycles. The number of anilines is 1. The van der Waals surface area contributed by atoms with Gasteiger partial charge < -0.3 is 15.8 Å². The minimum absolute atomic E-state index is 0.0117. The maximum Gasteiger partial charge on any atom is 0.269 e. The molecule has 1 atom stereocenters. The van der Waals surface area contributed by atoms with E-state index in [9.17, 15) is 9.18 Å². The Bertz CT molecular complexity index is 451. The highest BCUT2D eigenvalue weighted by Crippen LogP contribution is 2.21. The van der Waals surface area contributed by atoms with Gasteiger partial charge in [-0.05, 0) is 22.4 Å². The van der Waals surface area contributed by atoms with Crippen molar-refractivity contribution in [2.45, 2.75) is 12.5 Å². The zero-order valence-corrected chi connectivity index (χ0v) is 10.5. The monoisotopic (exact) mass is 303 g/mol. The first-order valence-electron chi connectivity index (χ1n) is 5.09. The SMILES string of the molecule is NC(=O)c1nc(Br)c(F)cc1NCC1CCO1. The number of nitrogens with zero attached hydrogens (tertiary/aromatic N) is 1. The molecule has 0 radical (unpaired) electrons. The van der Waals surface area contributed by atoms with Gasteiger partial charge in [0.15, 0.2) is 11.5 Å². The van der Waals surface area contributed by atoms with Gasteiger partial charge in [0, 0.05) is 19.2 Å². The molecule has 3 N–H and O–H groups in total. The maximum atomic E-state index is 13.3. The Balaban J connectivity index is 2.17. The van der Waals surface area contributed by atoms with Gasteiger partial charge in [0.1, 0.15) is 4.60 Å². The molecule has 5 nitrogen and oxygen atoms in total. The first-order chi connectivity index (χ1) is 8.08. The van der Waals surface area contributed by atoms with E-state index in [1.807, 2.05) is 0 Å². The van der Waals surface area contributed by atoms with Crippen LogP contribution in [0.15, 0.2) is 10.7 Å². The molecule has 92 valence electrons. The third-order valence-corrected chi connectivity index (χ3v) is 3.04. The van der Waals surface area contributed by atoms with E-state index in [4.69, 9.17) is 10.5 Å². The van der Waals surface area contributed by atoms with Crippen molar-refractivity contribution in [3.05, 3.63) is 22.2 Å². The van der Waals surface area contributed by atoms with Crippen LogP contribution in [0.3, 0.4) is 0 Å². The molecular weight excluding hydrogens is 293 g/mol. The van der Waals surface area contributed by atoms with Gasteiger partial charge in [-0.3, -0.25) is 4.79 Å². The van der Waals surface area contributed by atoms with Crippen LogP contribution < -0.4 is 11.1 Å². The summed E-state index contributed by atoms with van der Waals surface area (Å²) >= 11 is 2.91. The van der Waals surface area contributed by atoms with Crippen molar-refractivity contribution in [2.75, 3.05) is 18.5 Å². The molecule has 0 saturated carbocycles. The Labute approximate surface area is 106 Å². The Morgan fingerprint density at radius 1 is 1.76 bits per heavy atom. The molecule has 1 aromatic heterocycles. The zero-order chi connectivity index (χ0) is 12.4. The fourth-order valence-corrected chi connectivity index (χ4v) is 1.75. The van der Waals surface area contributed by atoms with Crippen molar-refractivity contribution >= 4 is 27.5 Å². The average molecular weight is 304 g/mol. The number of aromatic nitrogens is 1. The molecule has 1 aliphatic rings. The summed E-state index contributed by atoms with van der Waals surface area (Å²) in [6.45, 7) is 1.24. The normalized spacial score (nSPS) is 18.6. The molecule has 2 rings (SSSR count). The zero-order valence-electron chi connectivity index (χ0n) is 8.87. The fourth-order valence-electron chi connectivity index (χ4n) is 1.46. The minimum Gasteiger partial charge on any atom is -0.380 e. The molecule has 1 aliphatic heterocycles. The van der Waals surface area contributed by atoms with Crippen molar-refractivity contribution < 1.29 is 13.9 Å². The average Bonchev–Trinajstić information content (AvgIpc) is 2.20. The van der Waals surface area contributed by atoms with E-state index in [1.165, 1.54) is 6.07 Å². The molecule has 0 aliphatic carbocycles. The van der Waals surface area contributed by atoms with Crippen LogP contribution in [-0.2, 0) is 4.74 Å². The van der Waals surface area contributed by atoms with Gasteiger partial charge in [0.05, 0.1) is 11.8 Å². The number of carbonyl (C=O) groups is 1. The summed E-state index contributed by atoms with van der Waals surface area (Å²) in [5.74, 6) is -1.25. The molecule has 0 aromatic carbocycles. The Hall–Kier alpha value is -1.21. The van der Waals surface area contributed by atoms with Crippen LogP contribution in [0.4, 0.5) is 10.1 Å². The van der Waals surface area contributed by atoms with E-state index >= 15 is 0 Å². The van der Waals surface area contributed by atoms with Crippen LogP contribution in [0.25, 0.3) is 0 Å². The molecule has 7 heteroatoms. The Morgan fingerprint density at radius 3 is 3.00 bits per heavy atom. The highest BCUT2D eigenvalue weighted by Gasteiger charge is 2.20. The number of carbonyl (C=O) groups excluding carboxylic acids is 1. The molecule has 0 spiro atoms. The predicted molar refractivity (Wildman–Crippen MR) is 63.3 cm³/mol. The molecule has 17 heavy (non-hydrogen) atoms. The van der Waals surface area contributed by atoms with Crippen LogP contribution in [0.5, 0.6) is 0 Å². The van der Waals surface area contributed by atoms with Gasteiger partial charge >= 0.3 is 0 Å². The standard InChI is InChI=1S/C10H11BrFN3O2/c11-9-6(12)3-7(8(15-9)10(13)16)14-4-5-1-2-17-5/h3,5,14H,1-2,4H2,(H2,13,16). The van der Waals surface area contributed by atoms with Crippen LogP contribution >= 0.6 is 15.9 Å². The Morgan fingerprint density at radius 2 is 2.47 bits per heavy atom. The summed E-state index contributed by atoms with van der Waals surface area (Å²) < 4.78 is 18.5. The van der Waals surface area contributed by atoms with Gasteiger partial charge in [-0.1, -0.05) is 0 Å². The van der Waals surface area contributed by atoms with Crippen molar-refractivity contribution in [3.8, 4) is 0 Å². The number of ether oxygens (including phenoxy) is 1. The van der Waals surface area contributed by atoms with Crippen LogP contribution in [-0.4, -0.2) is 30.1 Å². The smallest absolute Gasteiger partial charge is 0.269 e. The van der Waals surface area contributed by atoms with Gasteiger partial charge in [-0.2, -0.15) is 0 Å². The van der Waals surface area contributed by atoms with Gasteiger partial charge in [0.2, 0.25) is 0 Å². The second-order valence-corrected chi connectivity index (χ2v) is 4.43. The van der Waals surface area contributed by atoms with Gasteiger partial charge in [-0.25, -0.2) is 9.37 Å². The Kier molecular flexibility index (Phi) is 3.58. The number of rotatable bonds is 4. The van der Waals surface area contributed by atoms with E-state index in [0.29, 0.717) is 6.54 Å². The number of halogens is 2.